The van der Waals surface area contributed by atoms with Crippen LogP contribution in [-0.2, 0) is 11.2 Å². The molecule has 3 nitrogen and oxygen atoms in total. The van der Waals surface area contributed by atoms with E-state index in [2.05, 4.69) is 5.32 Å². The van der Waals surface area contributed by atoms with Gasteiger partial charge in [0.05, 0.1) is 12.1 Å². The number of hydrogen-bond donors (Lipinski definition) is 2. The number of phenols is 1. The zero-order chi connectivity index (χ0) is 13.8. The van der Waals surface area contributed by atoms with Crippen LogP contribution in [0.5, 0.6) is 5.75 Å². The van der Waals surface area contributed by atoms with Crippen LogP contribution in [0.15, 0.2) is 42.5 Å². The molecule has 98 valence electrons. The van der Waals surface area contributed by atoms with E-state index in [4.69, 9.17) is 11.6 Å². The molecule has 0 bridgehead atoms. The van der Waals surface area contributed by atoms with Gasteiger partial charge in [0.15, 0.2) is 0 Å². The van der Waals surface area contributed by atoms with E-state index in [1.165, 1.54) is 6.07 Å². The number of hydrogen-bond acceptors (Lipinski definition) is 2. The monoisotopic (exact) mass is 279 g/mol. The summed E-state index contributed by atoms with van der Waals surface area (Å²) >= 11 is 5.94. The molecule has 5 heteroatoms. The fourth-order valence-electron chi connectivity index (χ4n) is 1.62. The summed E-state index contributed by atoms with van der Waals surface area (Å²) in [5.74, 6) is -1.10. The number of carbonyl (C=O) groups excluding carboxylic acids is 1. The topological polar surface area (TPSA) is 49.3 Å². The van der Waals surface area contributed by atoms with Crippen LogP contribution in [0.2, 0.25) is 5.02 Å². The highest BCUT2D eigenvalue weighted by molar-refractivity contribution is 6.31. The van der Waals surface area contributed by atoms with Gasteiger partial charge in [-0.2, -0.15) is 0 Å². The molecule has 0 unspecified atom stereocenters. The van der Waals surface area contributed by atoms with E-state index in [0.717, 1.165) is 12.1 Å². The van der Waals surface area contributed by atoms with Crippen LogP contribution >= 0.6 is 11.6 Å². The molecular weight excluding hydrogens is 269 g/mol. The first-order valence-corrected chi connectivity index (χ1v) is 5.96. The highest BCUT2D eigenvalue weighted by atomic mass is 35.5. The Kier molecular flexibility index (Phi) is 4.02. The van der Waals surface area contributed by atoms with Crippen LogP contribution < -0.4 is 5.32 Å². The lowest BCUT2D eigenvalue weighted by atomic mass is 10.1. The summed E-state index contributed by atoms with van der Waals surface area (Å²) in [7, 11) is 0. The Hall–Kier alpha value is -2.07. The number of anilines is 1. The predicted molar refractivity (Wildman–Crippen MR) is 71.9 cm³/mol. The van der Waals surface area contributed by atoms with Crippen molar-refractivity contribution in [3.63, 3.8) is 0 Å². The first-order valence-electron chi connectivity index (χ1n) is 5.58. The second kappa shape index (κ2) is 5.71. The van der Waals surface area contributed by atoms with Gasteiger partial charge in [-0.3, -0.25) is 4.79 Å². The van der Waals surface area contributed by atoms with Crippen molar-refractivity contribution in [1.29, 1.82) is 0 Å². The predicted octanol–water partition coefficient (Wildman–Crippen LogP) is 3.37. The zero-order valence-electron chi connectivity index (χ0n) is 9.86. The highest BCUT2D eigenvalue weighted by Crippen LogP contribution is 2.24. The minimum Gasteiger partial charge on any atom is -0.506 e. The number of rotatable bonds is 3. The van der Waals surface area contributed by atoms with E-state index < -0.39 is 5.82 Å². The number of phenolic OH excluding ortho intramolecular Hbond substituents is 1. The Bertz CT molecular complexity index is 616. The summed E-state index contributed by atoms with van der Waals surface area (Å²) in [5, 5.41) is 12.4. The Morgan fingerprint density at radius 3 is 2.74 bits per heavy atom. The minimum atomic E-state index is -0.536. The maximum atomic E-state index is 13.0. The van der Waals surface area contributed by atoms with E-state index >= 15 is 0 Å². The van der Waals surface area contributed by atoms with Crippen molar-refractivity contribution in [2.75, 3.05) is 5.32 Å². The second-order valence-corrected chi connectivity index (χ2v) is 4.39. The molecule has 0 heterocycles. The van der Waals surface area contributed by atoms with Crippen molar-refractivity contribution in [1.82, 2.24) is 0 Å². The highest BCUT2D eigenvalue weighted by Gasteiger charge is 2.10. The van der Waals surface area contributed by atoms with E-state index in [0.29, 0.717) is 10.6 Å². The number of halogens is 2. The molecule has 0 fully saturated rings. The molecule has 1 amide bonds. The van der Waals surface area contributed by atoms with Gasteiger partial charge in [0.25, 0.3) is 0 Å². The lowest BCUT2D eigenvalue weighted by Crippen LogP contribution is -2.14. The smallest absolute Gasteiger partial charge is 0.228 e. The molecule has 0 aliphatic carbocycles. The molecule has 0 aliphatic rings. The first kappa shape index (κ1) is 13.4. The maximum Gasteiger partial charge on any atom is 0.228 e. The van der Waals surface area contributed by atoms with Crippen molar-refractivity contribution in [3.05, 3.63) is 58.9 Å². The quantitative estimate of drug-likeness (QED) is 0.847. The molecule has 0 aromatic heterocycles. The normalized spacial score (nSPS) is 10.2. The van der Waals surface area contributed by atoms with Gasteiger partial charge in [0.1, 0.15) is 11.6 Å². The Balaban J connectivity index is 2.10. The van der Waals surface area contributed by atoms with Crippen LogP contribution in [0.3, 0.4) is 0 Å². The van der Waals surface area contributed by atoms with Crippen molar-refractivity contribution in [3.8, 4) is 5.75 Å². The van der Waals surface area contributed by atoms with Crippen molar-refractivity contribution in [2.24, 2.45) is 0 Å². The first-order chi connectivity index (χ1) is 9.06. The molecule has 2 aromatic carbocycles. The lowest BCUT2D eigenvalue weighted by Gasteiger charge is -2.08. The molecule has 0 aliphatic heterocycles. The molecule has 2 rings (SSSR count). The standard InChI is InChI=1S/C14H11ClFNO2/c15-11-4-2-1-3-9(11)7-14(19)17-12-8-10(16)5-6-13(12)18/h1-6,8,18H,7H2,(H,17,19). The Morgan fingerprint density at radius 1 is 1.26 bits per heavy atom. The van der Waals surface area contributed by atoms with E-state index in [9.17, 15) is 14.3 Å². The number of nitrogens with one attached hydrogen (secondary N) is 1. The van der Waals surface area contributed by atoms with Gasteiger partial charge in [-0.05, 0) is 23.8 Å². The second-order valence-electron chi connectivity index (χ2n) is 3.98. The molecule has 19 heavy (non-hydrogen) atoms. The van der Waals surface area contributed by atoms with Crippen LogP contribution in [0.25, 0.3) is 0 Å². The number of aromatic hydroxyl groups is 1. The van der Waals surface area contributed by atoms with Gasteiger partial charge < -0.3 is 10.4 Å². The average Bonchev–Trinajstić information content (AvgIpc) is 2.37. The fraction of sp³-hybridized carbons (Fsp3) is 0.0714. The molecular formula is C14H11ClFNO2. The van der Waals surface area contributed by atoms with E-state index in [1.807, 2.05) is 0 Å². The summed E-state index contributed by atoms with van der Waals surface area (Å²) < 4.78 is 13.0. The largest absolute Gasteiger partial charge is 0.506 e. The van der Waals surface area contributed by atoms with Gasteiger partial charge in [-0.15, -0.1) is 0 Å². The third-order valence-corrected chi connectivity index (χ3v) is 2.91. The average molecular weight is 280 g/mol. The zero-order valence-corrected chi connectivity index (χ0v) is 10.6. The summed E-state index contributed by atoms with van der Waals surface area (Å²) in [5.41, 5.74) is 0.703. The van der Waals surface area contributed by atoms with Crippen molar-refractivity contribution in [2.45, 2.75) is 6.42 Å². The molecule has 2 N–H and O–H groups in total. The molecule has 0 radical (unpaired) electrons. The van der Waals surface area contributed by atoms with Crippen LogP contribution in [0.4, 0.5) is 10.1 Å². The van der Waals surface area contributed by atoms with Gasteiger partial charge >= 0.3 is 0 Å². The molecule has 0 atom stereocenters. The van der Waals surface area contributed by atoms with Gasteiger partial charge in [0, 0.05) is 11.1 Å². The molecule has 0 spiro atoms. The molecule has 2 aromatic rings. The summed E-state index contributed by atoms with van der Waals surface area (Å²) in [4.78, 5) is 11.8. The maximum absolute atomic E-state index is 13.0. The van der Waals surface area contributed by atoms with Gasteiger partial charge in [-0.25, -0.2) is 4.39 Å². The summed E-state index contributed by atoms with van der Waals surface area (Å²) in [6.07, 6.45) is 0.0512. The third kappa shape index (κ3) is 3.45. The van der Waals surface area contributed by atoms with Crippen molar-refractivity contribution >= 4 is 23.2 Å². The summed E-state index contributed by atoms with van der Waals surface area (Å²) in [6, 6.07) is 10.3. The van der Waals surface area contributed by atoms with Crippen molar-refractivity contribution < 1.29 is 14.3 Å². The lowest BCUT2D eigenvalue weighted by molar-refractivity contribution is -0.115. The van der Waals surface area contributed by atoms with Crippen LogP contribution in [-0.4, -0.2) is 11.0 Å². The SMILES string of the molecule is O=C(Cc1ccccc1Cl)Nc1cc(F)ccc1O. The van der Waals surface area contributed by atoms with Crippen LogP contribution in [0, 0.1) is 5.82 Å². The number of benzene rings is 2. The third-order valence-electron chi connectivity index (χ3n) is 2.54. The molecule has 0 saturated heterocycles. The Labute approximate surface area is 114 Å². The van der Waals surface area contributed by atoms with Gasteiger partial charge in [0.2, 0.25) is 5.91 Å². The van der Waals surface area contributed by atoms with E-state index in [-0.39, 0.29) is 23.8 Å². The number of amides is 1. The fourth-order valence-corrected chi connectivity index (χ4v) is 1.82. The molecule has 0 saturated carbocycles. The number of carbonyl (C=O) groups is 1. The van der Waals surface area contributed by atoms with E-state index in [1.54, 1.807) is 24.3 Å². The van der Waals surface area contributed by atoms with Crippen LogP contribution in [0.1, 0.15) is 5.56 Å². The van der Waals surface area contributed by atoms with Gasteiger partial charge in [-0.1, -0.05) is 29.8 Å². The minimum absolute atomic E-state index is 0.0389. The Morgan fingerprint density at radius 2 is 2.00 bits per heavy atom. The summed E-state index contributed by atoms with van der Waals surface area (Å²) in [6.45, 7) is 0.